The molecule has 0 saturated carbocycles. The average Bonchev–Trinajstić information content (AvgIpc) is 2.31. The monoisotopic (exact) mass is 293 g/mol. The van der Waals surface area contributed by atoms with Crippen LogP contribution in [0.15, 0.2) is 24.3 Å². The van der Waals surface area contributed by atoms with Crippen LogP contribution in [0, 0.1) is 10.1 Å². The highest BCUT2D eigenvalue weighted by atomic mass is 16.6. The molecule has 1 amide bonds. The van der Waals surface area contributed by atoms with Crippen LogP contribution in [0.2, 0.25) is 0 Å². The van der Waals surface area contributed by atoms with Gasteiger partial charge in [0.15, 0.2) is 0 Å². The summed E-state index contributed by atoms with van der Waals surface area (Å²) < 4.78 is 5.18. The van der Waals surface area contributed by atoms with Crippen molar-refractivity contribution >= 4 is 17.5 Å². The number of carbonyl (C=O) groups is 1. The van der Waals surface area contributed by atoms with Crippen molar-refractivity contribution in [1.82, 2.24) is 5.32 Å². The van der Waals surface area contributed by atoms with Gasteiger partial charge in [0, 0.05) is 30.9 Å². The number of non-ortho nitro benzene ring substituents is 1. The van der Waals surface area contributed by atoms with Crippen molar-refractivity contribution in [1.29, 1.82) is 0 Å². The number of nitro groups is 1. The van der Waals surface area contributed by atoms with Gasteiger partial charge in [-0.3, -0.25) is 10.1 Å². The quantitative estimate of drug-likeness (QED) is 0.683. The first-order valence-electron chi connectivity index (χ1n) is 6.73. The van der Waals surface area contributed by atoms with Gasteiger partial charge >= 0.3 is 6.09 Å². The summed E-state index contributed by atoms with van der Waals surface area (Å²) in [6.45, 7) is 6.78. The highest BCUT2D eigenvalue weighted by Crippen LogP contribution is 2.23. The lowest BCUT2D eigenvalue weighted by Crippen LogP contribution is -2.60. The van der Waals surface area contributed by atoms with Gasteiger partial charge in [0.05, 0.1) is 11.0 Å². The van der Waals surface area contributed by atoms with E-state index in [0.29, 0.717) is 13.1 Å². The Morgan fingerprint density at radius 2 is 1.90 bits per heavy atom. The molecule has 7 nitrogen and oxygen atoms in total. The zero-order valence-corrected chi connectivity index (χ0v) is 12.3. The maximum absolute atomic E-state index is 11.6. The molecule has 1 aliphatic rings. The second kappa shape index (κ2) is 5.59. The molecule has 114 valence electrons. The van der Waals surface area contributed by atoms with Crippen LogP contribution in [0.25, 0.3) is 0 Å². The van der Waals surface area contributed by atoms with Crippen molar-refractivity contribution in [2.75, 3.05) is 18.0 Å². The van der Waals surface area contributed by atoms with Crippen molar-refractivity contribution < 1.29 is 14.5 Å². The molecule has 1 fully saturated rings. The van der Waals surface area contributed by atoms with Gasteiger partial charge in [-0.15, -0.1) is 0 Å². The van der Waals surface area contributed by atoms with E-state index in [1.54, 1.807) is 12.1 Å². The van der Waals surface area contributed by atoms with Crippen LogP contribution in [0.5, 0.6) is 0 Å². The predicted molar refractivity (Wildman–Crippen MR) is 78.5 cm³/mol. The molecule has 0 unspecified atom stereocenters. The SMILES string of the molecule is CC(C)(C)OC(=O)NC1CN(c2ccc([N+](=O)[O-])cc2)C1. The number of nitrogens with zero attached hydrogens (tertiary/aromatic N) is 2. The first-order valence-corrected chi connectivity index (χ1v) is 6.73. The normalized spacial score (nSPS) is 15.3. The predicted octanol–water partition coefficient (Wildman–Crippen LogP) is 2.31. The molecule has 1 N–H and O–H groups in total. The number of hydrogen-bond donors (Lipinski definition) is 1. The zero-order valence-electron chi connectivity index (χ0n) is 12.3. The summed E-state index contributed by atoms with van der Waals surface area (Å²) in [6.07, 6.45) is -0.421. The summed E-state index contributed by atoms with van der Waals surface area (Å²) in [7, 11) is 0. The van der Waals surface area contributed by atoms with E-state index in [1.807, 2.05) is 25.7 Å². The number of hydrogen-bond acceptors (Lipinski definition) is 5. The van der Waals surface area contributed by atoms with Gasteiger partial charge < -0.3 is 15.0 Å². The van der Waals surface area contributed by atoms with Gasteiger partial charge in [-0.2, -0.15) is 0 Å². The first kappa shape index (κ1) is 15.1. The Morgan fingerprint density at radius 1 is 1.33 bits per heavy atom. The fraction of sp³-hybridized carbons (Fsp3) is 0.500. The standard InChI is InChI=1S/C14H19N3O4/c1-14(2,3)21-13(18)15-10-8-16(9-10)11-4-6-12(7-5-11)17(19)20/h4-7,10H,8-9H2,1-3H3,(H,15,18). The van der Waals surface area contributed by atoms with Gasteiger partial charge in [0.2, 0.25) is 0 Å². The first-order chi connectivity index (χ1) is 9.74. The molecule has 1 heterocycles. The maximum Gasteiger partial charge on any atom is 0.407 e. The molecule has 0 aliphatic carbocycles. The van der Waals surface area contributed by atoms with Gasteiger partial charge in [-0.1, -0.05) is 0 Å². The molecule has 21 heavy (non-hydrogen) atoms. The molecule has 0 aromatic heterocycles. The number of alkyl carbamates (subject to hydrolysis) is 1. The third kappa shape index (κ3) is 4.08. The van der Waals surface area contributed by atoms with Crippen molar-refractivity contribution in [3.8, 4) is 0 Å². The van der Waals surface area contributed by atoms with Gasteiger partial charge in [-0.05, 0) is 32.9 Å². The number of nitro benzene ring substituents is 1. The number of ether oxygens (including phenoxy) is 1. The van der Waals surface area contributed by atoms with E-state index in [2.05, 4.69) is 5.32 Å². The van der Waals surface area contributed by atoms with Crippen molar-refractivity contribution in [2.45, 2.75) is 32.4 Å². The lowest BCUT2D eigenvalue weighted by atomic mass is 10.1. The Bertz CT molecular complexity index is 530. The van der Waals surface area contributed by atoms with Crippen LogP contribution in [0.4, 0.5) is 16.2 Å². The summed E-state index contributed by atoms with van der Waals surface area (Å²) in [5.74, 6) is 0. The maximum atomic E-state index is 11.6. The fourth-order valence-electron chi connectivity index (χ4n) is 2.04. The third-order valence-corrected chi connectivity index (χ3v) is 3.03. The van der Waals surface area contributed by atoms with Crippen LogP contribution in [0.3, 0.4) is 0 Å². The zero-order chi connectivity index (χ0) is 15.6. The van der Waals surface area contributed by atoms with Gasteiger partial charge in [0.25, 0.3) is 5.69 Å². The van der Waals surface area contributed by atoms with Crippen LogP contribution in [-0.4, -0.2) is 35.7 Å². The number of benzene rings is 1. The second-order valence-electron chi connectivity index (χ2n) is 6.02. The van der Waals surface area contributed by atoms with E-state index in [-0.39, 0.29) is 11.7 Å². The van der Waals surface area contributed by atoms with Crippen LogP contribution >= 0.6 is 0 Å². The van der Waals surface area contributed by atoms with Crippen LogP contribution in [0.1, 0.15) is 20.8 Å². The lowest BCUT2D eigenvalue weighted by molar-refractivity contribution is -0.384. The number of amides is 1. The molecule has 1 saturated heterocycles. The molecular formula is C14H19N3O4. The van der Waals surface area contributed by atoms with E-state index < -0.39 is 16.6 Å². The molecule has 1 aliphatic heterocycles. The van der Waals surface area contributed by atoms with Crippen LogP contribution < -0.4 is 10.2 Å². The fourth-order valence-corrected chi connectivity index (χ4v) is 2.04. The lowest BCUT2D eigenvalue weighted by Gasteiger charge is -2.41. The molecule has 1 aromatic rings. The average molecular weight is 293 g/mol. The number of anilines is 1. The molecule has 2 rings (SSSR count). The van der Waals surface area contributed by atoms with Gasteiger partial charge in [0.1, 0.15) is 5.60 Å². The number of rotatable bonds is 3. The Balaban J connectivity index is 1.81. The summed E-state index contributed by atoms with van der Waals surface area (Å²) in [4.78, 5) is 23.8. The Kier molecular flexibility index (Phi) is 4.02. The minimum atomic E-state index is -0.508. The van der Waals surface area contributed by atoms with E-state index >= 15 is 0 Å². The van der Waals surface area contributed by atoms with E-state index in [9.17, 15) is 14.9 Å². The molecule has 0 radical (unpaired) electrons. The van der Waals surface area contributed by atoms with Gasteiger partial charge in [-0.25, -0.2) is 4.79 Å². The topological polar surface area (TPSA) is 84.7 Å². The Morgan fingerprint density at radius 3 is 2.38 bits per heavy atom. The molecule has 0 atom stereocenters. The molecule has 1 aromatic carbocycles. The molecule has 7 heteroatoms. The Labute approximate surface area is 123 Å². The van der Waals surface area contributed by atoms with Crippen molar-refractivity contribution in [3.05, 3.63) is 34.4 Å². The minimum Gasteiger partial charge on any atom is -0.444 e. The highest BCUT2D eigenvalue weighted by Gasteiger charge is 2.30. The summed E-state index contributed by atoms with van der Waals surface area (Å²) >= 11 is 0. The number of carbonyl (C=O) groups excluding carboxylic acids is 1. The van der Waals surface area contributed by atoms with E-state index in [0.717, 1.165) is 5.69 Å². The molecule has 0 bridgehead atoms. The number of nitrogens with one attached hydrogen (secondary N) is 1. The highest BCUT2D eigenvalue weighted by molar-refractivity contribution is 5.69. The summed E-state index contributed by atoms with van der Waals surface area (Å²) in [5, 5.41) is 13.4. The summed E-state index contributed by atoms with van der Waals surface area (Å²) in [5.41, 5.74) is 0.469. The Hall–Kier alpha value is -2.31. The van der Waals surface area contributed by atoms with Crippen LogP contribution in [-0.2, 0) is 4.74 Å². The second-order valence-corrected chi connectivity index (χ2v) is 6.02. The van der Waals surface area contributed by atoms with Crippen molar-refractivity contribution in [2.24, 2.45) is 0 Å². The minimum absolute atomic E-state index is 0.0371. The summed E-state index contributed by atoms with van der Waals surface area (Å²) in [6, 6.07) is 6.41. The van der Waals surface area contributed by atoms with Crippen molar-refractivity contribution in [3.63, 3.8) is 0 Å². The smallest absolute Gasteiger partial charge is 0.407 e. The van der Waals surface area contributed by atoms with E-state index in [4.69, 9.17) is 4.74 Å². The largest absolute Gasteiger partial charge is 0.444 e. The molecule has 0 spiro atoms. The molecular weight excluding hydrogens is 274 g/mol. The third-order valence-electron chi connectivity index (χ3n) is 3.03. The van der Waals surface area contributed by atoms with E-state index in [1.165, 1.54) is 12.1 Å².